The molecule has 13 atom stereocenters. The van der Waals surface area contributed by atoms with E-state index in [1.54, 1.807) is 100 Å². The van der Waals surface area contributed by atoms with Gasteiger partial charge in [-0.1, -0.05) is 94.4 Å². The van der Waals surface area contributed by atoms with E-state index in [0.717, 1.165) is 4.80 Å². The maximum atomic E-state index is 15.7. The standard InChI is InChI=1S/C92H132ClN27O20/c1-49(2)41-68(105-53(8)123)88(137)116-75(52(7)122)89(138)114-71(43-54-19-11-10-12-20-54)85(134)108-62(21-13-15-37-100-78(127)51(5)6)79(128)106-65(24-18-40-103-92(98)99)81(130)112-70(44-55-25-30-59(124)31-26-55)86(135)113-72(45-56-47-104-67-46-57(93)27-34-61(56)67)87(136)109-64(23-17-39-102-91(96)97)80(129)110-66(35-36-74(94)125)83(132)111-69(42-50(3)4)84(133)107-63(82(131)115-73(48-121)76(95)126)22-14-16-38-101-90(139)77-117-119-120(118-77)58-28-32-60(140-9)33-29-58/h10-12,19-20,25-34,46-47,49-50,52,62-66,68-73,75,104,121-122,124H,5,13-18,21-24,35-45,48H2,1-4,6-9H3,(H2,94,125)(H2,95,126)(H,100,127)(H,101,139)(H,105,123)(H,106,128)(H,107,133)(H,108,134)(H,109,136)(H,110,129)(H,111,132)(H,112,130)(H,113,135)(H,114,138)(H,115,131)(H,116,137)(H4,96,97,102)(H4,98,99,103)/t52-,62+,63+,64+,65+,66+,68+,69+,70+,71+,72+,73+,75+/m1/s1. The summed E-state index contributed by atoms with van der Waals surface area (Å²) >= 11 is 6.44. The zero-order valence-corrected chi connectivity index (χ0v) is 80.3. The predicted octanol–water partition coefficient (Wildman–Crippen LogP) is -2.84. The van der Waals surface area contributed by atoms with Crippen LogP contribution in [0.25, 0.3) is 16.6 Å². The Kier molecular flexibility index (Phi) is 47.1. The van der Waals surface area contributed by atoms with Gasteiger partial charge < -0.3 is 134 Å². The molecule has 0 spiro atoms. The summed E-state index contributed by atoms with van der Waals surface area (Å²) in [5.74, 6) is -16.1. The lowest BCUT2D eigenvalue weighted by molar-refractivity contribution is -0.137. The SMILES string of the molecule is C=C(C)C(=O)NCCCC[C@H](NC(=O)[C@H](Cc1ccccc1)NC(=O)[C@@H](NC(=O)[C@H](CC(C)C)NC(C)=O)[C@@H](C)O)C(=O)N[C@@H](CCCN=C(N)N)C(=O)N[C@@H](Cc1ccc(O)cc1)C(=O)N[C@@H](Cc1c[nH]c2cc(Cl)ccc12)C(=O)N[C@@H](CCCN=C(N)N)C(=O)N[C@@H](CCC(N)=O)C(=O)N[C@@H](CC(C)C)C(=O)N[C@@H](CCCCNC(=O)c1nnn(-c2ccc(OC)cc2)n1)C(=O)N[C@@H](CO)C(N)=O. The molecule has 140 heavy (non-hydrogen) atoms. The smallest absolute Gasteiger partial charge is 0.292 e. The van der Waals surface area contributed by atoms with Gasteiger partial charge in [0.1, 0.15) is 84.0 Å². The number of nitrogens with two attached hydrogens (primary N) is 6. The lowest BCUT2D eigenvalue weighted by atomic mass is 10.00. The van der Waals surface area contributed by atoms with Crippen LogP contribution in [-0.2, 0) is 91.2 Å². The first kappa shape index (κ1) is 114. The maximum absolute atomic E-state index is 15.7. The molecule has 30 N–H and O–H groups in total. The second-order valence-electron chi connectivity index (χ2n) is 34.5. The van der Waals surface area contributed by atoms with Crippen LogP contribution < -0.4 is 114 Å². The van der Waals surface area contributed by atoms with Gasteiger partial charge in [0.15, 0.2) is 11.9 Å². The van der Waals surface area contributed by atoms with Crippen molar-refractivity contribution < 1.29 is 96.8 Å². The molecule has 48 heteroatoms. The lowest BCUT2D eigenvalue weighted by Gasteiger charge is -2.29. The van der Waals surface area contributed by atoms with Gasteiger partial charge in [-0.05, 0) is 180 Å². The van der Waals surface area contributed by atoms with Gasteiger partial charge in [-0.3, -0.25) is 86.7 Å². The molecule has 0 bridgehead atoms. The summed E-state index contributed by atoms with van der Waals surface area (Å²) in [7, 11) is 1.50. The number of primary amides is 2. The number of carbonyl (C=O) groups is 16. The maximum Gasteiger partial charge on any atom is 0.292 e. The normalized spacial score (nSPS) is 13.9. The Balaban J connectivity index is 1.35. The summed E-state index contributed by atoms with van der Waals surface area (Å²) in [6.45, 7) is 13.4. The number of benzene rings is 4. The van der Waals surface area contributed by atoms with Crippen molar-refractivity contribution in [3.63, 3.8) is 0 Å². The third-order valence-corrected chi connectivity index (χ3v) is 22.0. The number of hydrogen-bond acceptors (Lipinski definition) is 25. The average Bonchev–Trinajstić information content (AvgIpc) is 1.61. The van der Waals surface area contributed by atoms with Crippen LogP contribution in [0.3, 0.4) is 0 Å². The number of rotatable bonds is 61. The summed E-state index contributed by atoms with van der Waals surface area (Å²) in [6.07, 6.45) is -2.77. The number of phenols is 1. The molecule has 6 rings (SSSR count). The Morgan fingerprint density at radius 1 is 0.493 bits per heavy atom. The van der Waals surface area contributed by atoms with E-state index >= 15 is 28.8 Å². The minimum absolute atomic E-state index is 0.00990. The molecule has 762 valence electrons. The molecular weight excluding hydrogens is 1840 g/mol. The van der Waals surface area contributed by atoms with Crippen LogP contribution in [0.15, 0.2) is 125 Å². The molecule has 6 aromatic rings. The molecule has 0 aliphatic rings. The molecule has 0 saturated carbocycles. The monoisotopic (exact) mass is 1970 g/mol. The van der Waals surface area contributed by atoms with E-state index in [1.807, 2.05) is 0 Å². The van der Waals surface area contributed by atoms with E-state index in [9.17, 15) is 63.3 Å². The van der Waals surface area contributed by atoms with Gasteiger partial charge in [0.2, 0.25) is 88.6 Å². The number of aliphatic hydroxyl groups is 2. The first-order chi connectivity index (χ1) is 66.4. The van der Waals surface area contributed by atoms with Crippen molar-refractivity contribution in [1.29, 1.82) is 0 Å². The van der Waals surface area contributed by atoms with E-state index in [4.69, 9.17) is 50.7 Å². The molecule has 0 aliphatic heterocycles. The summed E-state index contributed by atoms with van der Waals surface area (Å²) < 4.78 is 5.19. The number of hydrogen-bond donors (Lipinski definition) is 24. The molecule has 2 heterocycles. The van der Waals surface area contributed by atoms with Gasteiger partial charge in [0.05, 0.1) is 25.5 Å². The number of nitrogens with zero attached hydrogens (tertiary/aromatic N) is 6. The van der Waals surface area contributed by atoms with Crippen LogP contribution in [0, 0.1) is 11.8 Å². The van der Waals surface area contributed by atoms with E-state index in [0.29, 0.717) is 44.1 Å². The Bertz CT molecular complexity index is 5280. The average molecular weight is 1970 g/mol. The Hall–Kier alpha value is -14.9. The fourth-order valence-corrected chi connectivity index (χ4v) is 14.6. The van der Waals surface area contributed by atoms with Crippen LogP contribution in [0.5, 0.6) is 11.5 Å². The summed E-state index contributed by atoms with van der Waals surface area (Å²) in [5, 5.41) is 81.0. The molecular formula is C92H132ClN27O20. The number of methoxy groups -OCH3 is 1. The quantitative estimate of drug-likeness (QED) is 0.00792. The summed E-state index contributed by atoms with van der Waals surface area (Å²) in [6, 6.07) is 5.85. The number of guanidine groups is 2. The molecule has 0 aliphatic carbocycles. The Morgan fingerprint density at radius 3 is 1.38 bits per heavy atom. The van der Waals surface area contributed by atoms with Gasteiger partial charge in [0.25, 0.3) is 11.7 Å². The van der Waals surface area contributed by atoms with Crippen LogP contribution in [-0.4, -0.2) is 265 Å². The molecule has 0 unspecified atom stereocenters. The number of halogens is 1. The number of aliphatic hydroxyl groups excluding tert-OH is 2. The van der Waals surface area contributed by atoms with Crippen molar-refractivity contribution in [1.82, 2.24) is 99.6 Å². The van der Waals surface area contributed by atoms with Crippen LogP contribution in [0.4, 0.5) is 0 Å². The number of nitrogens with one attached hydrogen (secondary N) is 15. The van der Waals surface area contributed by atoms with Crippen molar-refractivity contribution in [2.75, 3.05) is 39.9 Å². The largest absolute Gasteiger partial charge is 0.508 e. The number of amides is 16. The third kappa shape index (κ3) is 39.7. The Morgan fingerprint density at radius 2 is 0.921 bits per heavy atom. The highest BCUT2D eigenvalue weighted by molar-refractivity contribution is 6.31. The number of H-pyrrole nitrogens is 1. The van der Waals surface area contributed by atoms with Crippen LogP contribution in [0.2, 0.25) is 5.02 Å². The summed E-state index contributed by atoms with van der Waals surface area (Å²) in [4.78, 5) is 240. The number of aliphatic imine (C=N–C) groups is 2. The Labute approximate surface area is 813 Å². The van der Waals surface area contributed by atoms with Crippen LogP contribution >= 0.6 is 11.6 Å². The molecule has 0 fully saturated rings. The summed E-state index contributed by atoms with van der Waals surface area (Å²) in [5.41, 5.74) is 36.3. The van der Waals surface area contributed by atoms with Crippen molar-refractivity contribution in [3.8, 4) is 17.2 Å². The molecule has 47 nitrogen and oxygen atoms in total. The molecule has 0 saturated heterocycles. The van der Waals surface area contributed by atoms with Gasteiger partial charge in [-0.2, -0.15) is 0 Å². The fraction of sp³-hybridized carbons (Fsp3) is 0.489. The lowest BCUT2D eigenvalue weighted by Crippen LogP contribution is -2.62. The first-order valence-electron chi connectivity index (χ1n) is 45.7. The first-order valence-corrected chi connectivity index (χ1v) is 46.1. The van der Waals surface area contributed by atoms with Gasteiger partial charge in [-0.15, -0.1) is 15.0 Å². The number of unbranched alkanes of at least 4 members (excludes halogenated alkanes) is 2. The third-order valence-electron chi connectivity index (χ3n) is 21.8. The highest BCUT2D eigenvalue weighted by Crippen LogP contribution is 2.25. The van der Waals surface area contributed by atoms with Gasteiger partial charge in [0, 0.05) is 86.5 Å². The molecule has 4 aromatic carbocycles. The number of aromatic nitrogens is 5. The predicted molar refractivity (Wildman–Crippen MR) is 516 cm³/mol. The highest BCUT2D eigenvalue weighted by atomic mass is 35.5. The van der Waals surface area contributed by atoms with Crippen molar-refractivity contribution in [3.05, 3.63) is 143 Å². The topological polar surface area (TPSA) is 752 Å². The number of fused-ring (bicyclic) bond motifs is 1. The van der Waals surface area contributed by atoms with Crippen molar-refractivity contribution >= 4 is 129 Å². The zero-order valence-electron chi connectivity index (χ0n) is 79.5. The van der Waals surface area contributed by atoms with Gasteiger partial charge in [-0.25, -0.2) is 0 Å². The van der Waals surface area contributed by atoms with Crippen molar-refractivity contribution in [2.45, 2.75) is 236 Å². The minimum atomic E-state index is -1.76. The van der Waals surface area contributed by atoms with E-state index < -0.39 is 211 Å². The molecule has 0 radical (unpaired) electrons. The number of tetrazole rings is 1. The highest BCUT2D eigenvalue weighted by Gasteiger charge is 2.39. The molecule has 2 aromatic heterocycles. The molecule has 16 amide bonds. The second kappa shape index (κ2) is 58.0. The number of ether oxygens (including phenoxy) is 1. The number of aromatic amines is 1. The zero-order chi connectivity index (χ0) is 103. The number of aromatic hydroxyl groups is 1. The van der Waals surface area contributed by atoms with Crippen molar-refractivity contribution in [2.24, 2.45) is 56.2 Å². The fourth-order valence-electron chi connectivity index (χ4n) is 14.5. The van der Waals surface area contributed by atoms with E-state index in [-0.39, 0.29) is 145 Å². The number of carbonyl (C=O) groups excluding carboxylic acids is 16. The second-order valence-corrected chi connectivity index (χ2v) is 34.9. The minimum Gasteiger partial charge on any atom is -0.508 e. The van der Waals surface area contributed by atoms with Crippen LogP contribution in [0.1, 0.15) is 166 Å². The van der Waals surface area contributed by atoms with E-state index in [1.165, 1.54) is 58.3 Å². The van der Waals surface area contributed by atoms with E-state index in [2.05, 4.69) is 111 Å². The number of phenolic OH excluding ortho intramolecular Hbond substituents is 1. The van der Waals surface area contributed by atoms with Gasteiger partial charge >= 0.3 is 0 Å².